The van der Waals surface area contributed by atoms with E-state index in [1.54, 1.807) is 28.8 Å². The summed E-state index contributed by atoms with van der Waals surface area (Å²) in [7, 11) is 0. The number of thioether (sulfide) groups is 1. The van der Waals surface area contributed by atoms with Gasteiger partial charge in [-0.15, -0.1) is 0 Å². The van der Waals surface area contributed by atoms with Gasteiger partial charge in [-0.2, -0.15) is 11.8 Å². The molecule has 6 heteroatoms. The Morgan fingerprint density at radius 2 is 2.32 bits per heavy atom. The van der Waals surface area contributed by atoms with Crippen molar-refractivity contribution >= 4 is 23.6 Å². The third-order valence-electron chi connectivity index (χ3n) is 3.22. The molecule has 2 heterocycles. The van der Waals surface area contributed by atoms with Gasteiger partial charge in [0, 0.05) is 13.1 Å². The maximum Gasteiger partial charge on any atom is 0.308 e. The SMILES string of the molecule is CSCc1ccc(C(=O)N2CCC[C@@H](C(=O)O)C2)o1. The van der Waals surface area contributed by atoms with Crippen molar-refractivity contribution in [2.24, 2.45) is 5.92 Å². The number of rotatable bonds is 4. The van der Waals surface area contributed by atoms with Crippen molar-refractivity contribution in [3.8, 4) is 0 Å². The Hall–Kier alpha value is -1.43. The van der Waals surface area contributed by atoms with E-state index in [-0.39, 0.29) is 12.5 Å². The van der Waals surface area contributed by atoms with Gasteiger partial charge in [0.15, 0.2) is 5.76 Å². The monoisotopic (exact) mass is 283 g/mol. The van der Waals surface area contributed by atoms with Gasteiger partial charge in [0.2, 0.25) is 0 Å². The Kier molecular flexibility index (Phi) is 4.52. The van der Waals surface area contributed by atoms with E-state index in [0.717, 1.165) is 17.9 Å². The van der Waals surface area contributed by atoms with Gasteiger partial charge in [0.1, 0.15) is 5.76 Å². The minimum absolute atomic E-state index is 0.210. The van der Waals surface area contributed by atoms with E-state index in [1.807, 2.05) is 6.26 Å². The third-order valence-corrected chi connectivity index (χ3v) is 3.79. The van der Waals surface area contributed by atoms with Crippen molar-refractivity contribution < 1.29 is 19.1 Å². The topological polar surface area (TPSA) is 70.8 Å². The fraction of sp³-hybridized carbons (Fsp3) is 0.538. The number of carbonyl (C=O) groups is 2. The summed E-state index contributed by atoms with van der Waals surface area (Å²) in [6.07, 6.45) is 3.32. The fourth-order valence-corrected chi connectivity index (χ4v) is 2.67. The molecule has 1 amide bonds. The van der Waals surface area contributed by atoms with E-state index in [2.05, 4.69) is 0 Å². The molecule has 104 valence electrons. The number of carboxylic acids is 1. The van der Waals surface area contributed by atoms with E-state index in [9.17, 15) is 9.59 Å². The summed E-state index contributed by atoms with van der Waals surface area (Å²) >= 11 is 1.62. The average molecular weight is 283 g/mol. The van der Waals surface area contributed by atoms with Gasteiger partial charge in [0.05, 0.1) is 11.7 Å². The van der Waals surface area contributed by atoms with E-state index in [1.165, 1.54) is 0 Å². The molecular weight excluding hydrogens is 266 g/mol. The van der Waals surface area contributed by atoms with Crippen molar-refractivity contribution in [1.29, 1.82) is 0 Å². The van der Waals surface area contributed by atoms with Crippen LogP contribution in [0.2, 0.25) is 0 Å². The summed E-state index contributed by atoms with van der Waals surface area (Å²) in [5.74, 6) is 0.291. The first-order chi connectivity index (χ1) is 9.11. The summed E-state index contributed by atoms with van der Waals surface area (Å²) < 4.78 is 5.48. The minimum atomic E-state index is -0.833. The fourth-order valence-electron chi connectivity index (χ4n) is 2.23. The van der Waals surface area contributed by atoms with Crippen molar-refractivity contribution in [1.82, 2.24) is 4.90 Å². The smallest absolute Gasteiger partial charge is 0.308 e. The molecule has 0 radical (unpaired) electrons. The number of piperidine rings is 1. The maximum atomic E-state index is 12.2. The van der Waals surface area contributed by atoms with Crippen LogP contribution in [0.5, 0.6) is 0 Å². The highest BCUT2D eigenvalue weighted by atomic mass is 32.2. The molecule has 1 fully saturated rings. The standard InChI is InChI=1S/C13H17NO4S/c1-19-8-10-4-5-11(18-10)12(15)14-6-2-3-9(7-14)13(16)17/h4-5,9H,2-3,6-8H2,1H3,(H,16,17)/t9-/m1/s1. The number of carboxylic acid groups (broad SMARTS) is 1. The largest absolute Gasteiger partial charge is 0.481 e. The average Bonchev–Trinajstić information content (AvgIpc) is 2.87. The maximum absolute atomic E-state index is 12.2. The molecule has 1 aromatic rings. The van der Waals surface area contributed by atoms with Gasteiger partial charge in [-0.05, 0) is 31.2 Å². The lowest BCUT2D eigenvalue weighted by atomic mass is 9.98. The van der Waals surface area contributed by atoms with E-state index in [4.69, 9.17) is 9.52 Å². The number of aliphatic carboxylic acids is 1. The lowest BCUT2D eigenvalue weighted by Crippen LogP contribution is -2.42. The second-order valence-corrected chi connectivity index (χ2v) is 5.49. The number of furan rings is 1. The Morgan fingerprint density at radius 1 is 1.53 bits per heavy atom. The summed E-state index contributed by atoms with van der Waals surface area (Å²) in [5.41, 5.74) is 0. The second-order valence-electron chi connectivity index (χ2n) is 4.63. The Labute approximate surface area is 116 Å². The first-order valence-corrected chi connectivity index (χ1v) is 7.61. The molecule has 0 unspecified atom stereocenters. The summed E-state index contributed by atoms with van der Waals surface area (Å²) in [4.78, 5) is 24.8. The number of hydrogen-bond donors (Lipinski definition) is 1. The summed E-state index contributed by atoms with van der Waals surface area (Å²) in [6, 6.07) is 3.46. The zero-order chi connectivity index (χ0) is 13.8. The van der Waals surface area contributed by atoms with Gasteiger partial charge < -0.3 is 14.4 Å². The molecule has 1 aliphatic rings. The molecule has 1 N–H and O–H groups in total. The highest BCUT2D eigenvalue weighted by molar-refractivity contribution is 7.97. The normalized spacial score (nSPS) is 19.4. The van der Waals surface area contributed by atoms with Crippen LogP contribution in [0.1, 0.15) is 29.2 Å². The van der Waals surface area contributed by atoms with E-state index in [0.29, 0.717) is 18.7 Å². The lowest BCUT2D eigenvalue weighted by Gasteiger charge is -2.29. The van der Waals surface area contributed by atoms with Crippen LogP contribution in [0, 0.1) is 5.92 Å². The highest BCUT2D eigenvalue weighted by Gasteiger charge is 2.29. The molecule has 1 atom stereocenters. The van der Waals surface area contributed by atoms with Crippen molar-refractivity contribution in [3.63, 3.8) is 0 Å². The predicted octanol–water partition coefficient (Wildman–Crippen LogP) is 2.08. The highest BCUT2D eigenvalue weighted by Crippen LogP contribution is 2.20. The molecule has 5 nitrogen and oxygen atoms in total. The van der Waals surface area contributed by atoms with E-state index >= 15 is 0 Å². The Balaban J connectivity index is 2.03. The van der Waals surface area contributed by atoms with Gasteiger partial charge in [-0.3, -0.25) is 9.59 Å². The van der Waals surface area contributed by atoms with Crippen LogP contribution >= 0.6 is 11.8 Å². The Bertz CT molecular complexity index is 471. The van der Waals surface area contributed by atoms with Crippen LogP contribution in [-0.4, -0.2) is 41.2 Å². The van der Waals surface area contributed by atoms with Crippen LogP contribution in [0.4, 0.5) is 0 Å². The molecule has 0 aromatic carbocycles. The van der Waals surface area contributed by atoms with Gasteiger partial charge in [-0.25, -0.2) is 0 Å². The van der Waals surface area contributed by atoms with E-state index < -0.39 is 11.9 Å². The van der Waals surface area contributed by atoms with Gasteiger partial charge in [-0.1, -0.05) is 0 Å². The van der Waals surface area contributed by atoms with Crippen molar-refractivity contribution in [2.75, 3.05) is 19.3 Å². The molecule has 1 aliphatic heterocycles. The first kappa shape index (κ1) is 14.0. The number of hydrogen-bond acceptors (Lipinski definition) is 4. The zero-order valence-electron chi connectivity index (χ0n) is 10.8. The molecule has 19 heavy (non-hydrogen) atoms. The number of carbonyl (C=O) groups excluding carboxylic acids is 1. The lowest BCUT2D eigenvalue weighted by molar-refractivity contribution is -0.143. The number of likely N-dealkylation sites (tertiary alicyclic amines) is 1. The number of nitrogens with zero attached hydrogens (tertiary/aromatic N) is 1. The van der Waals surface area contributed by atoms with Crippen molar-refractivity contribution in [3.05, 3.63) is 23.7 Å². The Morgan fingerprint density at radius 3 is 3.00 bits per heavy atom. The molecule has 1 aromatic heterocycles. The van der Waals surface area contributed by atoms with Crippen LogP contribution in [0.15, 0.2) is 16.5 Å². The minimum Gasteiger partial charge on any atom is -0.481 e. The predicted molar refractivity (Wildman–Crippen MR) is 72.2 cm³/mol. The van der Waals surface area contributed by atoms with Crippen LogP contribution < -0.4 is 0 Å². The van der Waals surface area contributed by atoms with Gasteiger partial charge in [0.25, 0.3) is 5.91 Å². The van der Waals surface area contributed by atoms with Crippen LogP contribution in [0.25, 0.3) is 0 Å². The summed E-state index contributed by atoms with van der Waals surface area (Å²) in [5, 5.41) is 9.02. The molecule has 0 spiro atoms. The van der Waals surface area contributed by atoms with Crippen LogP contribution in [0.3, 0.4) is 0 Å². The molecule has 0 saturated carbocycles. The second kappa shape index (κ2) is 6.14. The summed E-state index contributed by atoms with van der Waals surface area (Å²) in [6.45, 7) is 0.869. The van der Waals surface area contributed by atoms with Gasteiger partial charge >= 0.3 is 5.97 Å². The molecule has 1 saturated heterocycles. The van der Waals surface area contributed by atoms with Crippen molar-refractivity contribution in [2.45, 2.75) is 18.6 Å². The molecular formula is C13H17NO4S. The molecule has 2 rings (SSSR count). The zero-order valence-corrected chi connectivity index (χ0v) is 11.6. The first-order valence-electron chi connectivity index (χ1n) is 6.21. The molecule has 0 aliphatic carbocycles. The quantitative estimate of drug-likeness (QED) is 0.916. The molecule has 0 bridgehead atoms. The number of amides is 1. The third kappa shape index (κ3) is 3.32. The van der Waals surface area contributed by atoms with Crippen LogP contribution in [-0.2, 0) is 10.5 Å².